The monoisotopic (exact) mass is 357 g/mol. The van der Waals surface area contributed by atoms with E-state index in [2.05, 4.69) is 24.3 Å². The van der Waals surface area contributed by atoms with Crippen molar-refractivity contribution < 1.29 is 13.5 Å². The Bertz CT molecular complexity index is 782. The molecule has 2 heterocycles. The maximum absolute atomic E-state index is 13.0. The van der Waals surface area contributed by atoms with Crippen LogP contribution in [0.3, 0.4) is 0 Å². The molecule has 0 aliphatic carbocycles. The molecule has 26 heavy (non-hydrogen) atoms. The summed E-state index contributed by atoms with van der Waals surface area (Å²) in [7, 11) is 0. The molecule has 0 saturated carbocycles. The first-order chi connectivity index (χ1) is 12.6. The van der Waals surface area contributed by atoms with Crippen molar-refractivity contribution in [2.45, 2.75) is 26.4 Å². The van der Waals surface area contributed by atoms with Crippen molar-refractivity contribution in [2.75, 3.05) is 13.2 Å². The van der Waals surface area contributed by atoms with E-state index in [1.165, 1.54) is 12.1 Å². The minimum Gasteiger partial charge on any atom is -0.468 e. The van der Waals surface area contributed by atoms with E-state index < -0.39 is 0 Å². The zero-order valence-electron chi connectivity index (χ0n) is 15.1. The van der Waals surface area contributed by atoms with Gasteiger partial charge in [0.1, 0.15) is 11.6 Å². The van der Waals surface area contributed by atoms with Crippen LogP contribution in [0.1, 0.15) is 31.2 Å². The van der Waals surface area contributed by atoms with Crippen LogP contribution in [0.4, 0.5) is 4.39 Å². The predicted octanol–water partition coefficient (Wildman–Crippen LogP) is 4.11. The topological polar surface area (TPSA) is 52.2 Å². The van der Waals surface area contributed by atoms with E-state index in [9.17, 15) is 4.39 Å². The number of furan rings is 1. The standard InChI is InChI=1S/C20H24FN3O2/c1-15(2)13-25-14-19(20-4-3-9-26-20)22-10-16-11-23-24(12-16)18-7-5-17(21)6-8-18/h3-9,11-12,15,19,22H,10,13-14H2,1-2H3. The molecule has 0 aliphatic heterocycles. The molecule has 1 atom stereocenters. The van der Waals surface area contributed by atoms with Crippen molar-refractivity contribution in [3.63, 3.8) is 0 Å². The third kappa shape index (κ3) is 5.03. The largest absolute Gasteiger partial charge is 0.468 e. The summed E-state index contributed by atoms with van der Waals surface area (Å²) < 4.78 is 26.1. The predicted molar refractivity (Wildman–Crippen MR) is 97.5 cm³/mol. The van der Waals surface area contributed by atoms with E-state index in [0.717, 1.165) is 17.0 Å². The minimum absolute atomic E-state index is 0.0297. The highest BCUT2D eigenvalue weighted by atomic mass is 19.1. The van der Waals surface area contributed by atoms with Gasteiger partial charge in [-0.15, -0.1) is 0 Å². The maximum atomic E-state index is 13.0. The number of benzene rings is 1. The summed E-state index contributed by atoms with van der Waals surface area (Å²) in [6.45, 7) is 6.12. The lowest BCUT2D eigenvalue weighted by atomic mass is 10.2. The fourth-order valence-corrected chi connectivity index (χ4v) is 2.58. The fraction of sp³-hybridized carbons (Fsp3) is 0.350. The second kappa shape index (κ2) is 8.78. The highest BCUT2D eigenvalue weighted by Gasteiger charge is 2.15. The fourth-order valence-electron chi connectivity index (χ4n) is 2.58. The maximum Gasteiger partial charge on any atom is 0.123 e. The Labute approximate surface area is 152 Å². The molecule has 3 rings (SSSR count). The van der Waals surface area contributed by atoms with Gasteiger partial charge in [-0.3, -0.25) is 0 Å². The number of nitrogens with zero attached hydrogens (tertiary/aromatic N) is 2. The first-order valence-corrected chi connectivity index (χ1v) is 8.76. The van der Waals surface area contributed by atoms with Gasteiger partial charge in [-0.1, -0.05) is 13.8 Å². The quantitative estimate of drug-likeness (QED) is 0.626. The molecule has 3 aromatic rings. The third-order valence-electron chi connectivity index (χ3n) is 3.90. The Morgan fingerprint density at radius 2 is 2.00 bits per heavy atom. The molecule has 1 unspecified atom stereocenters. The van der Waals surface area contributed by atoms with Gasteiger partial charge in [-0.25, -0.2) is 9.07 Å². The van der Waals surface area contributed by atoms with Crippen LogP contribution in [0.5, 0.6) is 0 Å². The molecule has 0 fully saturated rings. The van der Waals surface area contributed by atoms with Gasteiger partial charge in [0, 0.05) is 24.9 Å². The lowest BCUT2D eigenvalue weighted by molar-refractivity contribution is 0.0844. The molecule has 0 aliphatic rings. The summed E-state index contributed by atoms with van der Waals surface area (Å²) >= 11 is 0. The Morgan fingerprint density at radius 1 is 1.19 bits per heavy atom. The Morgan fingerprint density at radius 3 is 2.69 bits per heavy atom. The average molecular weight is 357 g/mol. The Kier molecular flexibility index (Phi) is 6.20. The molecule has 0 bridgehead atoms. The number of hydrogen-bond acceptors (Lipinski definition) is 4. The molecule has 0 spiro atoms. The molecular formula is C20H24FN3O2. The van der Waals surface area contributed by atoms with Gasteiger partial charge in [0.05, 0.1) is 30.8 Å². The van der Waals surface area contributed by atoms with Gasteiger partial charge in [0.25, 0.3) is 0 Å². The summed E-state index contributed by atoms with van der Waals surface area (Å²) in [5.74, 6) is 1.08. The molecule has 5 nitrogen and oxygen atoms in total. The van der Waals surface area contributed by atoms with Crippen LogP contribution in [0, 0.1) is 11.7 Å². The van der Waals surface area contributed by atoms with Crippen LogP contribution in [0.15, 0.2) is 59.5 Å². The van der Waals surface area contributed by atoms with E-state index in [4.69, 9.17) is 9.15 Å². The van der Waals surface area contributed by atoms with E-state index >= 15 is 0 Å². The van der Waals surface area contributed by atoms with Crippen molar-refractivity contribution in [3.05, 3.63) is 72.2 Å². The molecular weight excluding hydrogens is 333 g/mol. The van der Waals surface area contributed by atoms with Crippen LogP contribution in [0.25, 0.3) is 5.69 Å². The van der Waals surface area contributed by atoms with Crippen molar-refractivity contribution in [2.24, 2.45) is 5.92 Å². The van der Waals surface area contributed by atoms with Crippen molar-refractivity contribution in [3.8, 4) is 5.69 Å². The number of nitrogens with one attached hydrogen (secondary N) is 1. The zero-order valence-corrected chi connectivity index (χ0v) is 15.1. The van der Waals surface area contributed by atoms with Crippen molar-refractivity contribution >= 4 is 0 Å². The first-order valence-electron chi connectivity index (χ1n) is 8.76. The Balaban J connectivity index is 1.61. The molecule has 2 aromatic heterocycles. The van der Waals surface area contributed by atoms with Crippen LogP contribution < -0.4 is 5.32 Å². The summed E-state index contributed by atoms with van der Waals surface area (Å²) in [5.41, 5.74) is 1.84. The third-order valence-corrected chi connectivity index (χ3v) is 3.90. The van der Waals surface area contributed by atoms with Gasteiger partial charge < -0.3 is 14.5 Å². The SMILES string of the molecule is CC(C)COCC(NCc1cnn(-c2ccc(F)cc2)c1)c1ccco1. The van der Waals surface area contributed by atoms with Gasteiger partial charge in [-0.2, -0.15) is 5.10 Å². The number of halogens is 1. The van der Waals surface area contributed by atoms with Crippen molar-refractivity contribution in [1.82, 2.24) is 15.1 Å². The summed E-state index contributed by atoms with van der Waals surface area (Å²) in [6.07, 6.45) is 5.39. The smallest absolute Gasteiger partial charge is 0.123 e. The molecule has 1 N–H and O–H groups in total. The molecule has 1 aromatic carbocycles. The Hall–Kier alpha value is -2.44. The average Bonchev–Trinajstić information content (AvgIpc) is 3.30. The second-order valence-electron chi connectivity index (χ2n) is 6.65. The van der Waals surface area contributed by atoms with E-state index in [1.807, 2.05) is 18.3 Å². The van der Waals surface area contributed by atoms with E-state index in [0.29, 0.717) is 25.7 Å². The molecule has 138 valence electrons. The second-order valence-corrected chi connectivity index (χ2v) is 6.65. The van der Waals surface area contributed by atoms with Gasteiger partial charge >= 0.3 is 0 Å². The summed E-state index contributed by atoms with van der Waals surface area (Å²) in [5, 5.41) is 7.80. The van der Waals surface area contributed by atoms with E-state index in [-0.39, 0.29) is 11.9 Å². The van der Waals surface area contributed by atoms with Crippen LogP contribution in [-0.4, -0.2) is 23.0 Å². The molecule has 0 saturated heterocycles. The number of rotatable bonds is 9. The number of aromatic nitrogens is 2. The molecule has 0 radical (unpaired) electrons. The number of hydrogen-bond donors (Lipinski definition) is 1. The minimum atomic E-state index is -0.259. The van der Waals surface area contributed by atoms with Crippen LogP contribution in [-0.2, 0) is 11.3 Å². The lowest BCUT2D eigenvalue weighted by Gasteiger charge is -2.17. The zero-order chi connectivity index (χ0) is 18.4. The number of ether oxygens (including phenoxy) is 1. The van der Waals surface area contributed by atoms with E-state index in [1.54, 1.807) is 29.3 Å². The lowest BCUT2D eigenvalue weighted by Crippen LogP contribution is -2.25. The highest BCUT2D eigenvalue weighted by Crippen LogP contribution is 2.16. The molecule has 6 heteroatoms. The van der Waals surface area contributed by atoms with Gasteiger partial charge in [0.2, 0.25) is 0 Å². The summed E-state index contributed by atoms with van der Waals surface area (Å²) in [6, 6.07) is 10.0. The van der Waals surface area contributed by atoms with Gasteiger partial charge in [0.15, 0.2) is 0 Å². The van der Waals surface area contributed by atoms with Crippen molar-refractivity contribution in [1.29, 1.82) is 0 Å². The highest BCUT2D eigenvalue weighted by molar-refractivity contribution is 5.31. The van der Waals surface area contributed by atoms with Crippen LogP contribution >= 0.6 is 0 Å². The normalized spacial score (nSPS) is 12.6. The molecule has 0 amide bonds. The van der Waals surface area contributed by atoms with Crippen LogP contribution in [0.2, 0.25) is 0 Å². The first kappa shape index (κ1) is 18.4. The summed E-state index contributed by atoms with van der Waals surface area (Å²) in [4.78, 5) is 0. The van der Waals surface area contributed by atoms with Gasteiger partial charge in [-0.05, 0) is 42.3 Å².